The van der Waals surface area contributed by atoms with Gasteiger partial charge in [0.25, 0.3) is 0 Å². The van der Waals surface area contributed by atoms with Crippen LogP contribution in [0.5, 0.6) is 11.5 Å². The Bertz CT molecular complexity index is 969. The molecule has 0 unspecified atom stereocenters. The minimum Gasteiger partial charge on any atom is -0.493 e. The fraction of sp³-hybridized carbons (Fsp3) is 0.333. The minimum atomic E-state index is 0.591. The molecule has 2 aromatic carbocycles. The molecule has 0 bridgehead atoms. The Morgan fingerprint density at radius 2 is 1.94 bits per heavy atom. The molecule has 0 radical (unpaired) electrons. The molecule has 0 saturated heterocycles. The summed E-state index contributed by atoms with van der Waals surface area (Å²) in [6.45, 7) is 6.78. The van der Waals surface area contributed by atoms with Crippen LogP contribution in [0.15, 0.2) is 65.9 Å². The molecule has 7 nitrogen and oxygen atoms in total. The van der Waals surface area contributed by atoms with Gasteiger partial charge in [0.2, 0.25) is 0 Å². The number of nitrogens with one attached hydrogen (secondary N) is 2. The van der Waals surface area contributed by atoms with E-state index < -0.39 is 0 Å². The zero-order valence-electron chi connectivity index (χ0n) is 18.5. The van der Waals surface area contributed by atoms with Gasteiger partial charge in [0.1, 0.15) is 5.82 Å². The Labute approximate surface area is 184 Å². The number of nitrogens with zero attached hydrogens (tertiary/aromatic N) is 3. The Balaban J connectivity index is 1.64. The van der Waals surface area contributed by atoms with Gasteiger partial charge in [-0.2, -0.15) is 0 Å². The third-order valence-electron chi connectivity index (χ3n) is 4.67. The second-order valence-electron chi connectivity index (χ2n) is 6.89. The van der Waals surface area contributed by atoms with Crippen LogP contribution in [0.2, 0.25) is 0 Å². The molecule has 0 atom stereocenters. The summed E-state index contributed by atoms with van der Waals surface area (Å²) < 4.78 is 13.2. The van der Waals surface area contributed by atoms with Gasteiger partial charge in [-0.05, 0) is 31.5 Å². The number of hydrogen-bond donors (Lipinski definition) is 2. The van der Waals surface area contributed by atoms with Crippen molar-refractivity contribution in [2.45, 2.75) is 26.8 Å². The highest BCUT2D eigenvalue weighted by atomic mass is 16.5. The highest BCUT2D eigenvalue weighted by Gasteiger charge is 2.08. The number of ether oxygens (including phenoxy) is 2. The molecule has 0 saturated carbocycles. The highest BCUT2D eigenvalue weighted by Crippen LogP contribution is 2.30. The summed E-state index contributed by atoms with van der Waals surface area (Å²) in [6, 6.07) is 16.1. The van der Waals surface area contributed by atoms with Gasteiger partial charge in [-0.3, -0.25) is 4.99 Å². The van der Waals surface area contributed by atoms with Crippen molar-refractivity contribution < 1.29 is 9.47 Å². The van der Waals surface area contributed by atoms with Crippen LogP contribution in [-0.4, -0.2) is 42.3 Å². The van der Waals surface area contributed by atoms with E-state index >= 15 is 0 Å². The maximum atomic E-state index is 5.59. The van der Waals surface area contributed by atoms with Crippen molar-refractivity contribution in [2.75, 3.05) is 32.1 Å². The van der Waals surface area contributed by atoms with Gasteiger partial charge in [0.15, 0.2) is 17.5 Å². The summed E-state index contributed by atoms with van der Waals surface area (Å²) >= 11 is 0. The van der Waals surface area contributed by atoms with Crippen LogP contribution < -0.4 is 20.1 Å². The largest absolute Gasteiger partial charge is 0.493 e. The van der Waals surface area contributed by atoms with Crippen LogP contribution in [0, 0.1) is 0 Å². The van der Waals surface area contributed by atoms with Gasteiger partial charge in [0.05, 0.1) is 13.7 Å². The van der Waals surface area contributed by atoms with Gasteiger partial charge < -0.3 is 24.7 Å². The molecule has 0 aliphatic rings. The fourth-order valence-electron chi connectivity index (χ4n) is 3.22. The van der Waals surface area contributed by atoms with Gasteiger partial charge in [-0.15, -0.1) is 0 Å². The van der Waals surface area contributed by atoms with E-state index in [1.807, 2.05) is 50.5 Å². The van der Waals surface area contributed by atoms with E-state index in [9.17, 15) is 0 Å². The molecule has 7 heteroatoms. The van der Waals surface area contributed by atoms with Crippen LogP contribution in [-0.2, 0) is 13.0 Å². The molecule has 0 amide bonds. The van der Waals surface area contributed by atoms with E-state index in [2.05, 4.69) is 44.5 Å². The smallest absolute Gasteiger partial charge is 0.195 e. The number of guanidine groups is 1. The summed E-state index contributed by atoms with van der Waals surface area (Å²) in [4.78, 5) is 9.23. The van der Waals surface area contributed by atoms with Crippen molar-refractivity contribution in [1.82, 2.24) is 14.9 Å². The van der Waals surface area contributed by atoms with Crippen molar-refractivity contribution in [3.63, 3.8) is 0 Å². The van der Waals surface area contributed by atoms with E-state index in [-0.39, 0.29) is 0 Å². The lowest BCUT2D eigenvalue weighted by Crippen LogP contribution is -2.31. The molecule has 164 valence electrons. The Morgan fingerprint density at radius 3 is 2.68 bits per heavy atom. The monoisotopic (exact) mass is 421 g/mol. The predicted octanol–water partition coefficient (Wildman–Crippen LogP) is 3.96. The summed E-state index contributed by atoms with van der Waals surface area (Å²) in [6.07, 6.45) is 4.61. The number of imidazole rings is 1. The number of methoxy groups -OCH3 is 1. The maximum absolute atomic E-state index is 5.59. The average Bonchev–Trinajstić information content (AvgIpc) is 3.22. The molecular formula is C24H31N5O2. The van der Waals surface area contributed by atoms with E-state index in [1.54, 1.807) is 7.11 Å². The van der Waals surface area contributed by atoms with Crippen molar-refractivity contribution in [1.29, 1.82) is 0 Å². The van der Waals surface area contributed by atoms with Crippen LogP contribution in [0.25, 0.3) is 0 Å². The van der Waals surface area contributed by atoms with E-state index in [0.717, 1.165) is 42.7 Å². The zero-order valence-corrected chi connectivity index (χ0v) is 18.5. The molecule has 3 rings (SSSR count). The standard InChI is InChI=1S/C24H31N5O2/c1-4-25-24(28-20-11-12-21(31-5-2)22(17-20)30-3)27-14-13-23-26-15-16-29(23)18-19-9-7-6-8-10-19/h6-12,15-17H,4-5,13-14,18H2,1-3H3,(H2,25,27,28). The van der Waals surface area contributed by atoms with Crippen LogP contribution in [0.4, 0.5) is 5.69 Å². The molecule has 0 fully saturated rings. The first-order chi connectivity index (χ1) is 15.2. The second kappa shape index (κ2) is 11.6. The first-order valence-corrected chi connectivity index (χ1v) is 10.6. The van der Waals surface area contributed by atoms with E-state index in [1.165, 1.54) is 5.56 Å². The van der Waals surface area contributed by atoms with Crippen molar-refractivity contribution in [3.05, 3.63) is 72.3 Å². The molecule has 31 heavy (non-hydrogen) atoms. The number of aliphatic imine (C=N–C) groups is 1. The van der Waals surface area contributed by atoms with Crippen molar-refractivity contribution in [3.8, 4) is 11.5 Å². The average molecular weight is 422 g/mol. The second-order valence-corrected chi connectivity index (χ2v) is 6.89. The van der Waals surface area contributed by atoms with E-state index in [0.29, 0.717) is 18.9 Å². The molecule has 0 aliphatic carbocycles. The lowest BCUT2D eigenvalue weighted by atomic mass is 10.2. The first kappa shape index (κ1) is 22.2. The molecule has 3 aromatic rings. The van der Waals surface area contributed by atoms with Gasteiger partial charge >= 0.3 is 0 Å². The number of hydrogen-bond acceptors (Lipinski definition) is 4. The number of anilines is 1. The maximum Gasteiger partial charge on any atom is 0.195 e. The third kappa shape index (κ3) is 6.50. The minimum absolute atomic E-state index is 0.591. The summed E-state index contributed by atoms with van der Waals surface area (Å²) in [7, 11) is 1.64. The molecule has 0 spiro atoms. The van der Waals surface area contributed by atoms with Gasteiger partial charge in [0, 0.05) is 50.2 Å². The molecule has 1 heterocycles. The number of benzene rings is 2. The summed E-state index contributed by atoms with van der Waals surface area (Å²) in [5, 5.41) is 6.62. The molecule has 1 aromatic heterocycles. The van der Waals surface area contributed by atoms with E-state index in [4.69, 9.17) is 14.5 Å². The van der Waals surface area contributed by atoms with Gasteiger partial charge in [-0.25, -0.2) is 4.98 Å². The predicted molar refractivity (Wildman–Crippen MR) is 125 cm³/mol. The van der Waals surface area contributed by atoms with Gasteiger partial charge in [-0.1, -0.05) is 30.3 Å². The summed E-state index contributed by atoms with van der Waals surface area (Å²) in [5.41, 5.74) is 2.13. The summed E-state index contributed by atoms with van der Waals surface area (Å²) in [5.74, 6) is 3.15. The normalized spacial score (nSPS) is 11.3. The Kier molecular flexibility index (Phi) is 8.34. The number of rotatable bonds is 10. The van der Waals surface area contributed by atoms with Crippen molar-refractivity contribution >= 4 is 11.6 Å². The third-order valence-corrected chi connectivity index (χ3v) is 4.67. The lowest BCUT2D eigenvalue weighted by Gasteiger charge is -2.14. The Hall–Kier alpha value is -3.48. The lowest BCUT2D eigenvalue weighted by molar-refractivity contribution is 0.311. The zero-order chi connectivity index (χ0) is 21.9. The molecule has 2 N–H and O–H groups in total. The topological polar surface area (TPSA) is 72.7 Å². The first-order valence-electron chi connectivity index (χ1n) is 10.6. The quantitative estimate of drug-likeness (QED) is 0.383. The number of aromatic nitrogens is 2. The highest BCUT2D eigenvalue weighted by molar-refractivity contribution is 5.93. The Morgan fingerprint density at radius 1 is 1.10 bits per heavy atom. The molecular weight excluding hydrogens is 390 g/mol. The fourth-order valence-corrected chi connectivity index (χ4v) is 3.22. The SMILES string of the molecule is CCNC(=NCCc1nccn1Cc1ccccc1)Nc1ccc(OCC)c(OC)c1. The van der Waals surface area contributed by atoms with Crippen LogP contribution in [0.3, 0.4) is 0 Å². The molecule has 0 aliphatic heterocycles. The van der Waals surface area contributed by atoms with Crippen LogP contribution in [0.1, 0.15) is 25.2 Å². The van der Waals surface area contributed by atoms with Crippen LogP contribution >= 0.6 is 0 Å². The van der Waals surface area contributed by atoms with Crippen molar-refractivity contribution in [2.24, 2.45) is 4.99 Å².